The number of benzene rings is 2. The van der Waals surface area contributed by atoms with Crippen LogP contribution >= 0.6 is 15.9 Å². The smallest absolute Gasteiger partial charge is 0.139 e. The summed E-state index contributed by atoms with van der Waals surface area (Å²) < 4.78 is 26.9. The van der Waals surface area contributed by atoms with Gasteiger partial charge in [-0.25, -0.2) is 8.78 Å². The van der Waals surface area contributed by atoms with Crippen LogP contribution in [0, 0.1) is 11.6 Å². The van der Waals surface area contributed by atoms with Crippen molar-refractivity contribution in [1.82, 2.24) is 0 Å². The van der Waals surface area contributed by atoms with E-state index in [1.807, 2.05) is 11.8 Å². The SMILES string of the molecule is CCN(c1ccc(F)cc1)c1cc(F)c(Br)cc1N. The number of nitrogens with two attached hydrogens (primary N) is 1. The summed E-state index contributed by atoms with van der Waals surface area (Å²) >= 11 is 3.09. The first kappa shape index (κ1) is 13.8. The largest absolute Gasteiger partial charge is 0.397 e. The van der Waals surface area contributed by atoms with E-state index in [1.165, 1.54) is 24.3 Å². The number of hydrogen-bond donors (Lipinski definition) is 1. The van der Waals surface area contributed by atoms with Gasteiger partial charge < -0.3 is 10.6 Å². The molecule has 0 bridgehead atoms. The molecule has 0 saturated carbocycles. The average Bonchev–Trinajstić information content (AvgIpc) is 2.38. The third-order valence-electron chi connectivity index (χ3n) is 2.81. The normalized spacial score (nSPS) is 10.5. The van der Waals surface area contributed by atoms with Gasteiger partial charge in [0.05, 0.1) is 15.8 Å². The fraction of sp³-hybridized carbons (Fsp3) is 0.143. The number of anilines is 3. The van der Waals surface area contributed by atoms with Gasteiger partial charge in [-0.15, -0.1) is 0 Å². The highest BCUT2D eigenvalue weighted by atomic mass is 79.9. The second kappa shape index (κ2) is 5.57. The molecule has 2 N–H and O–H groups in total. The Morgan fingerprint density at radius 1 is 1.16 bits per heavy atom. The van der Waals surface area contributed by atoms with E-state index in [-0.39, 0.29) is 11.6 Å². The molecular formula is C14H13BrF2N2. The molecule has 0 aromatic heterocycles. The maximum absolute atomic E-state index is 13.6. The average molecular weight is 327 g/mol. The minimum atomic E-state index is -0.384. The third kappa shape index (κ3) is 2.87. The quantitative estimate of drug-likeness (QED) is 0.843. The van der Waals surface area contributed by atoms with Gasteiger partial charge in [0.1, 0.15) is 11.6 Å². The van der Waals surface area contributed by atoms with E-state index in [0.717, 1.165) is 5.69 Å². The van der Waals surface area contributed by atoms with Crippen LogP contribution in [0.15, 0.2) is 40.9 Å². The molecule has 0 spiro atoms. The van der Waals surface area contributed by atoms with Gasteiger partial charge in [0.2, 0.25) is 0 Å². The first-order chi connectivity index (χ1) is 9.02. The maximum atomic E-state index is 13.6. The summed E-state index contributed by atoms with van der Waals surface area (Å²) in [5.41, 5.74) is 7.71. The second-order valence-corrected chi connectivity index (χ2v) is 4.90. The molecule has 0 unspecified atom stereocenters. The minimum absolute atomic E-state index is 0.310. The lowest BCUT2D eigenvalue weighted by Gasteiger charge is -2.25. The molecule has 2 aromatic rings. The summed E-state index contributed by atoms with van der Waals surface area (Å²) in [7, 11) is 0. The van der Waals surface area contributed by atoms with E-state index in [1.54, 1.807) is 12.1 Å². The summed E-state index contributed by atoms with van der Waals surface area (Å²) in [5, 5.41) is 0. The molecule has 19 heavy (non-hydrogen) atoms. The van der Waals surface area contributed by atoms with Crippen molar-refractivity contribution in [3.63, 3.8) is 0 Å². The fourth-order valence-electron chi connectivity index (χ4n) is 1.90. The van der Waals surface area contributed by atoms with Gasteiger partial charge in [0.15, 0.2) is 0 Å². The first-order valence-corrected chi connectivity index (χ1v) is 6.60. The number of nitrogens with zero attached hydrogens (tertiary/aromatic N) is 1. The predicted octanol–water partition coefficient (Wildman–Crippen LogP) is 4.47. The maximum Gasteiger partial charge on any atom is 0.139 e. The van der Waals surface area contributed by atoms with E-state index in [2.05, 4.69) is 15.9 Å². The molecular weight excluding hydrogens is 314 g/mol. The van der Waals surface area contributed by atoms with E-state index < -0.39 is 0 Å². The Morgan fingerprint density at radius 2 is 1.79 bits per heavy atom. The molecule has 0 heterocycles. The molecule has 2 rings (SSSR count). The molecule has 2 nitrogen and oxygen atoms in total. The zero-order valence-corrected chi connectivity index (χ0v) is 11.9. The van der Waals surface area contributed by atoms with E-state index in [4.69, 9.17) is 5.73 Å². The third-order valence-corrected chi connectivity index (χ3v) is 3.42. The van der Waals surface area contributed by atoms with Crippen LogP contribution in [0.3, 0.4) is 0 Å². The predicted molar refractivity (Wildman–Crippen MR) is 77.6 cm³/mol. The topological polar surface area (TPSA) is 29.3 Å². The molecule has 0 amide bonds. The fourth-order valence-corrected chi connectivity index (χ4v) is 2.26. The van der Waals surface area contributed by atoms with Crippen molar-refractivity contribution in [3.05, 3.63) is 52.5 Å². The molecule has 0 saturated heterocycles. The van der Waals surface area contributed by atoms with Gasteiger partial charge in [0.25, 0.3) is 0 Å². The lowest BCUT2D eigenvalue weighted by Crippen LogP contribution is -2.17. The van der Waals surface area contributed by atoms with Crippen molar-refractivity contribution in [2.45, 2.75) is 6.92 Å². The van der Waals surface area contributed by atoms with Crippen LogP contribution in [0.2, 0.25) is 0 Å². The van der Waals surface area contributed by atoms with E-state index in [0.29, 0.717) is 22.4 Å². The highest BCUT2D eigenvalue weighted by Gasteiger charge is 2.13. The number of rotatable bonds is 3. The van der Waals surface area contributed by atoms with Crippen molar-refractivity contribution in [2.75, 3.05) is 17.2 Å². The summed E-state index contributed by atoms with van der Waals surface area (Å²) in [6.45, 7) is 2.51. The molecule has 5 heteroatoms. The lowest BCUT2D eigenvalue weighted by molar-refractivity contribution is 0.621. The van der Waals surface area contributed by atoms with E-state index >= 15 is 0 Å². The molecule has 0 radical (unpaired) electrons. The number of hydrogen-bond acceptors (Lipinski definition) is 2. The van der Waals surface area contributed by atoms with Crippen LogP contribution in [0.25, 0.3) is 0 Å². The molecule has 0 aliphatic rings. The van der Waals surface area contributed by atoms with Gasteiger partial charge >= 0.3 is 0 Å². The lowest BCUT2D eigenvalue weighted by atomic mass is 10.2. The standard InChI is InChI=1S/C14H13BrF2N2/c1-2-19(10-5-3-9(16)4-6-10)14-8-12(17)11(15)7-13(14)18/h3-8H,2,18H2,1H3. The Kier molecular flexibility index (Phi) is 4.04. The molecule has 0 aliphatic heterocycles. The Balaban J connectivity index is 2.47. The molecule has 0 fully saturated rings. The van der Waals surface area contributed by atoms with Crippen LogP contribution in [0.1, 0.15) is 6.92 Å². The van der Waals surface area contributed by atoms with Crippen LogP contribution in [-0.2, 0) is 0 Å². The summed E-state index contributed by atoms with van der Waals surface area (Å²) in [6, 6.07) is 8.90. The molecule has 2 aromatic carbocycles. The van der Waals surface area contributed by atoms with Crippen molar-refractivity contribution >= 4 is 33.0 Å². The summed E-state index contributed by atoms with van der Waals surface area (Å²) in [4.78, 5) is 1.82. The van der Waals surface area contributed by atoms with Gasteiger partial charge in [-0.1, -0.05) is 0 Å². The molecule has 0 aliphatic carbocycles. The Bertz CT molecular complexity index is 585. The molecule has 0 atom stereocenters. The van der Waals surface area contributed by atoms with Gasteiger partial charge in [-0.3, -0.25) is 0 Å². The van der Waals surface area contributed by atoms with Crippen molar-refractivity contribution < 1.29 is 8.78 Å². The zero-order chi connectivity index (χ0) is 14.0. The van der Waals surface area contributed by atoms with Crippen LogP contribution < -0.4 is 10.6 Å². The van der Waals surface area contributed by atoms with Gasteiger partial charge in [-0.05, 0) is 53.2 Å². The van der Waals surface area contributed by atoms with Crippen LogP contribution in [0.4, 0.5) is 25.8 Å². The van der Waals surface area contributed by atoms with Crippen molar-refractivity contribution in [3.8, 4) is 0 Å². The Hall–Kier alpha value is -1.62. The minimum Gasteiger partial charge on any atom is -0.397 e. The summed E-state index contributed by atoms with van der Waals surface area (Å²) in [5.74, 6) is -0.695. The van der Waals surface area contributed by atoms with Crippen molar-refractivity contribution in [2.24, 2.45) is 0 Å². The summed E-state index contributed by atoms with van der Waals surface area (Å²) in [6.07, 6.45) is 0. The number of nitrogen functional groups attached to an aromatic ring is 1. The van der Waals surface area contributed by atoms with Crippen LogP contribution in [0.5, 0.6) is 0 Å². The Morgan fingerprint density at radius 3 is 2.37 bits per heavy atom. The van der Waals surface area contributed by atoms with Gasteiger partial charge in [-0.2, -0.15) is 0 Å². The van der Waals surface area contributed by atoms with Crippen LogP contribution in [-0.4, -0.2) is 6.54 Å². The highest BCUT2D eigenvalue weighted by Crippen LogP contribution is 2.33. The first-order valence-electron chi connectivity index (χ1n) is 5.80. The molecule has 100 valence electrons. The second-order valence-electron chi connectivity index (χ2n) is 4.05. The zero-order valence-electron chi connectivity index (χ0n) is 10.3. The Labute approximate surface area is 119 Å². The number of halogens is 3. The van der Waals surface area contributed by atoms with Crippen molar-refractivity contribution in [1.29, 1.82) is 0 Å². The van der Waals surface area contributed by atoms with E-state index in [9.17, 15) is 8.78 Å². The van der Waals surface area contributed by atoms with Gasteiger partial charge in [0, 0.05) is 18.3 Å². The highest BCUT2D eigenvalue weighted by molar-refractivity contribution is 9.10. The monoisotopic (exact) mass is 326 g/mol.